The lowest BCUT2D eigenvalue weighted by Gasteiger charge is -2.31. The van der Waals surface area contributed by atoms with Crippen LogP contribution >= 0.6 is 11.3 Å². The van der Waals surface area contributed by atoms with Gasteiger partial charge in [-0.1, -0.05) is 32.1 Å². The van der Waals surface area contributed by atoms with Crippen molar-refractivity contribution in [2.24, 2.45) is 11.8 Å². The van der Waals surface area contributed by atoms with E-state index in [1.54, 1.807) is 12.3 Å². The van der Waals surface area contributed by atoms with Gasteiger partial charge in [0.1, 0.15) is 23.2 Å². The van der Waals surface area contributed by atoms with Gasteiger partial charge in [-0.2, -0.15) is 0 Å². The topological polar surface area (TPSA) is 160 Å². The second kappa shape index (κ2) is 12.9. The van der Waals surface area contributed by atoms with Gasteiger partial charge in [0, 0.05) is 29.3 Å². The zero-order valence-corrected chi connectivity index (χ0v) is 30.2. The maximum Gasteiger partial charge on any atom is 0.259 e. The monoisotopic (exact) mass is 720 g/mol. The molecule has 266 valence electrons. The molecule has 2 aliphatic carbocycles. The lowest BCUT2D eigenvalue weighted by atomic mass is 10.0. The van der Waals surface area contributed by atoms with Gasteiger partial charge in [-0.3, -0.25) is 19.1 Å². The number of hydrogen-bond acceptors (Lipinski definition) is 10. The Morgan fingerprint density at radius 1 is 1.18 bits per heavy atom. The van der Waals surface area contributed by atoms with Crippen LogP contribution in [0.2, 0.25) is 0 Å². The number of hydrogen-bond donors (Lipinski definition) is 3. The van der Waals surface area contributed by atoms with E-state index in [0.717, 1.165) is 47.7 Å². The van der Waals surface area contributed by atoms with Crippen molar-refractivity contribution in [1.29, 1.82) is 0 Å². The molecule has 2 saturated carbocycles. The van der Waals surface area contributed by atoms with Gasteiger partial charge in [0.2, 0.25) is 27.7 Å². The third kappa shape index (κ3) is 6.71. The Labute approximate surface area is 296 Å². The molecule has 14 heteroatoms. The van der Waals surface area contributed by atoms with Crippen LogP contribution in [-0.4, -0.2) is 76.0 Å². The number of carbonyl (C=O) groups excluding carboxylic acids is 3. The Balaban J connectivity index is 1.24. The predicted molar refractivity (Wildman–Crippen MR) is 191 cm³/mol. The van der Waals surface area contributed by atoms with Gasteiger partial charge >= 0.3 is 0 Å². The Morgan fingerprint density at radius 2 is 1.96 bits per heavy atom. The lowest BCUT2D eigenvalue weighted by Crippen LogP contribution is -2.58. The molecule has 4 heterocycles. The highest BCUT2D eigenvalue weighted by atomic mass is 32.2. The summed E-state index contributed by atoms with van der Waals surface area (Å²) in [6.07, 6.45) is 8.19. The normalized spacial score (nSPS) is 28.4. The second-order valence-corrected chi connectivity index (χ2v) is 17.6. The molecular weight excluding hydrogens is 677 g/mol. The Hall–Kier alpha value is -4.04. The van der Waals surface area contributed by atoms with Crippen molar-refractivity contribution >= 4 is 55.0 Å². The van der Waals surface area contributed by atoms with E-state index in [1.165, 1.54) is 16.2 Å². The maximum atomic E-state index is 14.6. The van der Waals surface area contributed by atoms with Crippen LogP contribution in [0.1, 0.15) is 70.6 Å². The molecule has 7 rings (SSSR count). The minimum atomic E-state index is -3.85. The second-order valence-electron chi connectivity index (χ2n) is 14.8. The number of rotatable bonds is 7. The van der Waals surface area contributed by atoms with Crippen LogP contribution in [0, 0.1) is 11.8 Å². The van der Waals surface area contributed by atoms with E-state index in [9.17, 15) is 22.8 Å². The number of nitrogens with one attached hydrogen (secondary N) is 3. The average molecular weight is 721 g/mol. The molecule has 3 fully saturated rings. The number of benzene rings is 1. The fourth-order valence-electron chi connectivity index (χ4n) is 7.22. The first kappa shape index (κ1) is 34.4. The Kier molecular flexibility index (Phi) is 8.90. The molecule has 4 aliphatic rings. The number of fused-ring (bicyclic) bond motifs is 5. The number of pyridine rings is 1. The minimum absolute atomic E-state index is 0.0792. The molecule has 3 aromatic rings. The number of ether oxygens (including phenoxy) is 1. The summed E-state index contributed by atoms with van der Waals surface area (Å²) in [6.45, 7) is 9.63. The van der Waals surface area contributed by atoms with E-state index >= 15 is 0 Å². The van der Waals surface area contributed by atoms with E-state index < -0.39 is 56.2 Å². The number of nitrogens with zero attached hydrogens (tertiary/aromatic N) is 3. The van der Waals surface area contributed by atoms with Crippen LogP contribution in [0.4, 0.5) is 5.13 Å². The van der Waals surface area contributed by atoms with Crippen molar-refractivity contribution in [2.75, 3.05) is 11.9 Å². The predicted octanol–water partition coefficient (Wildman–Crippen LogP) is 4.11. The summed E-state index contributed by atoms with van der Waals surface area (Å²) in [5.74, 6) is -1.85. The van der Waals surface area contributed by atoms with Crippen molar-refractivity contribution in [3.05, 3.63) is 59.8 Å². The summed E-state index contributed by atoms with van der Waals surface area (Å²) in [5, 5.41) is 10.1. The molecule has 2 aliphatic heterocycles. The standard InChI is InChI=1S/C36H44N6O6S2/c1-5-24-17-36(24,33(45)41-50(46,47)26-12-13-26)40-30(43)28-18-35(4)20-42(28)32(44)29(21(2)3)39-34-38-25(19-49-34)9-7-6-8-22-10-11-23-14-15-37-31(48-35)27(23)16-22/h5,10-11,14-16,19,21,24,26,28-29H,1,6-9,12-13,17-18,20H2,2-4H3,(H,38,39)(H,40,43)(H,41,45)/t24-,28-,29-,35+,36?/m0/s1. The van der Waals surface area contributed by atoms with E-state index in [0.29, 0.717) is 23.9 Å². The fourth-order valence-corrected chi connectivity index (χ4v) is 9.37. The first-order chi connectivity index (χ1) is 23.8. The molecule has 12 nitrogen and oxygen atoms in total. The van der Waals surface area contributed by atoms with Crippen molar-refractivity contribution in [3.63, 3.8) is 0 Å². The number of aryl methyl sites for hydroxylation is 2. The molecule has 0 radical (unpaired) electrons. The molecule has 50 heavy (non-hydrogen) atoms. The quantitative estimate of drug-likeness (QED) is 0.306. The van der Waals surface area contributed by atoms with Gasteiger partial charge in [0.05, 0.1) is 17.5 Å². The highest BCUT2D eigenvalue weighted by molar-refractivity contribution is 7.91. The van der Waals surface area contributed by atoms with E-state index in [-0.39, 0.29) is 31.2 Å². The number of carbonyl (C=O) groups is 3. The van der Waals surface area contributed by atoms with Gasteiger partial charge in [-0.05, 0) is 80.9 Å². The SMILES string of the molecule is C=C[C@H]1CC1(NC(=O)[C@@H]1C[C@]2(C)CN1C(=O)[C@H](C(C)C)Nc1nc(cs1)CCCCc1ccc3ccnc(c3c1)O2)C(=O)NS(=O)(=O)C1CC1. The first-order valence-corrected chi connectivity index (χ1v) is 19.8. The lowest BCUT2D eigenvalue weighted by molar-refractivity contribution is -0.141. The van der Waals surface area contributed by atoms with Gasteiger partial charge in [-0.25, -0.2) is 18.4 Å². The van der Waals surface area contributed by atoms with Crippen LogP contribution in [0.3, 0.4) is 0 Å². The minimum Gasteiger partial charge on any atom is -0.469 e. The van der Waals surface area contributed by atoms with Crippen LogP contribution in [0.25, 0.3) is 10.8 Å². The van der Waals surface area contributed by atoms with Gasteiger partial charge < -0.3 is 20.3 Å². The van der Waals surface area contributed by atoms with Crippen molar-refractivity contribution in [3.8, 4) is 5.88 Å². The van der Waals surface area contributed by atoms with Crippen molar-refractivity contribution in [2.45, 2.75) is 101 Å². The third-order valence-corrected chi connectivity index (χ3v) is 13.0. The summed E-state index contributed by atoms with van der Waals surface area (Å²) in [7, 11) is -3.85. The molecule has 3 amide bonds. The van der Waals surface area contributed by atoms with Crippen LogP contribution < -0.4 is 20.1 Å². The van der Waals surface area contributed by atoms with Crippen LogP contribution in [0.5, 0.6) is 5.88 Å². The fraction of sp³-hybridized carbons (Fsp3) is 0.528. The summed E-state index contributed by atoms with van der Waals surface area (Å²) in [6, 6.07) is 6.49. The molecule has 1 unspecified atom stereocenters. The number of thiazole rings is 1. The number of anilines is 1. The van der Waals surface area contributed by atoms with E-state index in [4.69, 9.17) is 9.72 Å². The van der Waals surface area contributed by atoms with Gasteiger partial charge in [-0.15, -0.1) is 17.9 Å². The van der Waals surface area contributed by atoms with Crippen molar-refractivity contribution < 1.29 is 27.5 Å². The molecule has 2 aromatic heterocycles. The zero-order chi connectivity index (χ0) is 35.4. The summed E-state index contributed by atoms with van der Waals surface area (Å²) in [4.78, 5) is 53.3. The van der Waals surface area contributed by atoms with Crippen LogP contribution in [-0.2, 0) is 37.2 Å². The largest absolute Gasteiger partial charge is 0.469 e. The molecule has 1 saturated heterocycles. The molecule has 0 spiro atoms. The van der Waals surface area contributed by atoms with Crippen molar-refractivity contribution in [1.82, 2.24) is 24.9 Å². The number of amides is 3. The number of aromatic nitrogens is 2. The molecule has 3 N–H and O–H groups in total. The first-order valence-electron chi connectivity index (χ1n) is 17.4. The highest BCUT2D eigenvalue weighted by Gasteiger charge is 2.62. The highest BCUT2D eigenvalue weighted by Crippen LogP contribution is 2.46. The average Bonchev–Trinajstić information content (AvgIpc) is 3.98. The Bertz CT molecular complexity index is 1960. The van der Waals surface area contributed by atoms with Gasteiger partial charge in [0.25, 0.3) is 5.91 Å². The van der Waals surface area contributed by atoms with Gasteiger partial charge in [0.15, 0.2) is 5.13 Å². The summed E-state index contributed by atoms with van der Waals surface area (Å²) >= 11 is 1.45. The zero-order valence-electron chi connectivity index (χ0n) is 28.6. The van der Waals surface area contributed by atoms with E-state index in [1.807, 2.05) is 32.2 Å². The summed E-state index contributed by atoms with van der Waals surface area (Å²) in [5.41, 5.74) is -0.382. The van der Waals surface area contributed by atoms with E-state index in [2.05, 4.69) is 45.1 Å². The molecule has 1 aromatic carbocycles. The third-order valence-electron chi connectivity index (χ3n) is 10.4. The molecule has 6 bridgehead atoms. The molecule has 5 atom stereocenters. The summed E-state index contributed by atoms with van der Waals surface area (Å²) < 4.78 is 34.3. The number of sulfonamides is 1. The van der Waals surface area contributed by atoms with Crippen LogP contribution in [0.15, 0.2) is 48.5 Å². The molecular formula is C36H44N6O6S2. The Morgan fingerprint density at radius 3 is 2.68 bits per heavy atom. The maximum absolute atomic E-state index is 14.6. The smallest absolute Gasteiger partial charge is 0.259 e.